The van der Waals surface area contributed by atoms with E-state index in [0.29, 0.717) is 19.6 Å². The van der Waals surface area contributed by atoms with Gasteiger partial charge in [-0.25, -0.2) is 0 Å². The Hall–Kier alpha value is -1.39. The molecule has 1 amide bonds. The molecule has 19 heavy (non-hydrogen) atoms. The van der Waals surface area contributed by atoms with Gasteiger partial charge in [-0.2, -0.15) is 0 Å². The summed E-state index contributed by atoms with van der Waals surface area (Å²) in [4.78, 5) is 14.1. The number of hydrogen-bond acceptors (Lipinski definition) is 3. The van der Waals surface area contributed by atoms with E-state index in [9.17, 15) is 4.79 Å². The highest BCUT2D eigenvalue weighted by molar-refractivity contribution is 5.78. The van der Waals surface area contributed by atoms with E-state index in [2.05, 4.69) is 0 Å². The van der Waals surface area contributed by atoms with Crippen LogP contribution in [-0.4, -0.2) is 42.9 Å². The quantitative estimate of drug-likeness (QED) is 0.811. The molecule has 0 atom stereocenters. The second kappa shape index (κ2) is 5.31. The van der Waals surface area contributed by atoms with E-state index in [1.54, 1.807) is 0 Å². The zero-order chi connectivity index (χ0) is 13.1. The minimum atomic E-state index is -0.399. The lowest BCUT2D eigenvalue weighted by molar-refractivity contribution is -0.187. The highest BCUT2D eigenvalue weighted by Crippen LogP contribution is 2.31. The minimum Gasteiger partial charge on any atom is -0.347 e. The maximum absolute atomic E-state index is 12.2. The molecule has 2 aliphatic heterocycles. The first-order chi connectivity index (χ1) is 9.27. The third-order valence-corrected chi connectivity index (χ3v) is 3.89. The first-order valence-corrected chi connectivity index (χ1v) is 6.87. The normalized spacial score (nSPS) is 21.8. The van der Waals surface area contributed by atoms with E-state index < -0.39 is 5.79 Å². The van der Waals surface area contributed by atoms with Crippen LogP contribution < -0.4 is 0 Å². The molecule has 102 valence electrons. The third-order valence-electron chi connectivity index (χ3n) is 3.89. The number of piperidine rings is 1. The van der Waals surface area contributed by atoms with Crippen molar-refractivity contribution in [3.63, 3.8) is 0 Å². The van der Waals surface area contributed by atoms with Gasteiger partial charge in [0.1, 0.15) is 0 Å². The first-order valence-electron chi connectivity index (χ1n) is 6.87. The fourth-order valence-electron chi connectivity index (χ4n) is 2.76. The number of hydrogen-bond donors (Lipinski definition) is 0. The Bertz CT molecular complexity index is 430. The molecule has 4 nitrogen and oxygen atoms in total. The van der Waals surface area contributed by atoms with E-state index in [-0.39, 0.29) is 5.91 Å². The van der Waals surface area contributed by atoms with Gasteiger partial charge in [0.15, 0.2) is 5.79 Å². The Labute approximate surface area is 113 Å². The van der Waals surface area contributed by atoms with Gasteiger partial charge in [-0.15, -0.1) is 0 Å². The summed E-state index contributed by atoms with van der Waals surface area (Å²) in [5.41, 5.74) is 1.07. The number of carbonyl (C=O) groups excluding carboxylic acids is 1. The predicted molar refractivity (Wildman–Crippen MR) is 70.6 cm³/mol. The van der Waals surface area contributed by atoms with Crippen LogP contribution in [0.1, 0.15) is 18.4 Å². The van der Waals surface area contributed by atoms with Gasteiger partial charge in [-0.3, -0.25) is 4.79 Å². The molecule has 2 aliphatic rings. The minimum absolute atomic E-state index is 0.194. The molecule has 4 heteroatoms. The summed E-state index contributed by atoms with van der Waals surface area (Å²) in [6.45, 7) is 2.81. The SMILES string of the molecule is O=C(Cc1ccccc1)N1CCC2(CC1)OCCO2. The van der Waals surface area contributed by atoms with Gasteiger partial charge in [0, 0.05) is 25.9 Å². The lowest BCUT2D eigenvalue weighted by atomic mass is 10.0. The molecule has 0 N–H and O–H groups in total. The molecule has 0 aromatic heterocycles. The van der Waals surface area contributed by atoms with Crippen molar-refractivity contribution >= 4 is 5.91 Å². The summed E-state index contributed by atoms with van der Waals surface area (Å²) in [5, 5.41) is 0. The number of carbonyl (C=O) groups is 1. The molecule has 3 rings (SSSR count). The molecule has 0 unspecified atom stereocenters. The van der Waals surface area contributed by atoms with Gasteiger partial charge in [-0.1, -0.05) is 30.3 Å². The fourth-order valence-corrected chi connectivity index (χ4v) is 2.76. The molecular formula is C15H19NO3. The largest absolute Gasteiger partial charge is 0.347 e. The van der Waals surface area contributed by atoms with Crippen molar-refractivity contribution in [1.29, 1.82) is 0 Å². The molecule has 1 aromatic carbocycles. The average Bonchev–Trinajstić information content (AvgIpc) is 2.89. The van der Waals surface area contributed by atoms with Crippen LogP contribution in [0.15, 0.2) is 30.3 Å². The summed E-state index contributed by atoms with van der Waals surface area (Å²) >= 11 is 0. The molecule has 2 heterocycles. The fraction of sp³-hybridized carbons (Fsp3) is 0.533. The van der Waals surface area contributed by atoms with Crippen LogP contribution in [0.4, 0.5) is 0 Å². The molecule has 0 bridgehead atoms. The van der Waals surface area contributed by atoms with Gasteiger partial charge >= 0.3 is 0 Å². The lowest BCUT2D eigenvalue weighted by Gasteiger charge is -2.37. The molecule has 2 saturated heterocycles. The number of rotatable bonds is 2. The van der Waals surface area contributed by atoms with Crippen molar-refractivity contribution in [3.05, 3.63) is 35.9 Å². The second-order valence-electron chi connectivity index (χ2n) is 5.15. The Morgan fingerprint density at radius 3 is 2.37 bits per heavy atom. The van der Waals surface area contributed by atoms with E-state index in [4.69, 9.17) is 9.47 Å². The van der Waals surface area contributed by atoms with Gasteiger partial charge in [0.25, 0.3) is 0 Å². The zero-order valence-electron chi connectivity index (χ0n) is 11.0. The first kappa shape index (κ1) is 12.6. The Balaban J connectivity index is 1.55. The summed E-state index contributed by atoms with van der Waals surface area (Å²) in [6.07, 6.45) is 2.05. The topological polar surface area (TPSA) is 38.8 Å². The maximum atomic E-state index is 12.2. The second-order valence-corrected chi connectivity index (χ2v) is 5.15. The van der Waals surface area contributed by atoms with Crippen LogP contribution in [0, 0.1) is 0 Å². The van der Waals surface area contributed by atoms with Crippen LogP contribution in [-0.2, 0) is 20.7 Å². The summed E-state index contributed by atoms with van der Waals surface area (Å²) in [5.74, 6) is -0.206. The van der Waals surface area contributed by atoms with Crippen molar-refractivity contribution < 1.29 is 14.3 Å². The van der Waals surface area contributed by atoms with Crippen LogP contribution >= 0.6 is 0 Å². The number of likely N-dealkylation sites (tertiary alicyclic amines) is 1. The van der Waals surface area contributed by atoms with E-state index in [0.717, 1.165) is 31.5 Å². The smallest absolute Gasteiger partial charge is 0.226 e. The zero-order valence-corrected chi connectivity index (χ0v) is 11.0. The van der Waals surface area contributed by atoms with E-state index in [1.165, 1.54) is 0 Å². The number of nitrogens with zero attached hydrogens (tertiary/aromatic N) is 1. The lowest BCUT2D eigenvalue weighted by Crippen LogP contribution is -2.47. The van der Waals surface area contributed by atoms with Gasteiger partial charge in [0.2, 0.25) is 5.91 Å². The molecule has 0 radical (unpaired) electrons. The molecule has 0 saturated carbocycles. The highest BCUT2D eigenvalue weighted by Gasteiger charge is 2.40. The van der Waals surface area contributed by atoms with Crippen LogP contribution in [0.25, 0.3) is 0 Å². The van der Waals surface area contributed by atoms with Crippen LogP contribution in [0.5, 0.6) is 0 Å². The summed E-state index contributed by atoms with van der Waals surface area (Å²) < 4.78 is 11.3. The Morgan fingerprint density at radius 1 is 1.11 bits per heavy atom. The van der Waals surface area contributed by atoms with Crippen molar-refractivity contribution in [1.82, 2.24) is 4.90 Å². The van der Waals surface area contributed by atoms with E-state index in [1.807, 2.05) is 35.2 Å². The van der Waals surface area contributed by atoms with Crippen molar-refractivity contribution in [2.75, 3.05) is 26.3 Å². The van der Waals surface area contributed by atoms with Crippen LogP contribution in [0.2, 0.25) is 0 Å². The summed E-state index contributed by atoms with van der Waals surface area (Å²) in [6, 6.07) is 9.88. The number of amides is 1. The van der Waals surface area contributed by atoms with Crippen molar-refractivity contribution in [2.24, 2.45) is 0 Å². The maximum Gasteiger partial charge on any atom is 0.226 e. The van der Waals surface area contributed by atoms with Gasteiger partial charge < -0.3 is 14.4 Å². The van der Waals surface area contributed by atoms with E-state index >= 15 is 0 Å². The summed E-state index contributed by atoms with van der Waals surface area (Å²) in [7, 11) is 0. The Kier molecular flexibility index (Phi) is 3.53. The standard InChI is InChI=1S/C15H19NO3/c17-14(12-13-4-2-1-3-5-13)16-8-6-15(7-9-16)18-10-11-19-15/h1-5H,6-12H2. The number of benzene rings is 1. The number of ether oxygens (including phenoxy) is 2. The predicted octanol–water partition coefficient (Wildman–Crippen LogP) is 1.59. The van der Waals surface area contributed by atoms with Crippen molar-refractivity contribution in [2.45, 2.75) is 25.0 Å². The Morgan fingerprint density at radius 2 is 1.74 bits per heavy atom. The molecule has 1 spiro atoms. The molecule has 0 aliphatic carbocycles. The average molecular weight is 261 g/mol. The molecule has 2 fully saturated rings. The molecular weight excluding hydrogens is 242 g/mol. The van der Waals surface area contributed by atoms with Gasteiger partial charge in [0.05, 0.1) is 19.6 Å². The van der Waals surface area contributed by atoms with Crippen LogP contribution in [0.3, 0.4) is 0 Å². The highest BCUT2D eigenvalue weighted by atomic mass is 16.7. The van der Waals surface area contributed by atoms with Gasteiger partial charge in [-0.05, 0) is 5.56 Å². The third kappa shape index (κ3) is 2.80. The van der Waals surface area contributed by atoms with Crippen molar-refractivity contribution in [3.8, 4) is 0 Å². The monoisotopic (exact) mass is 261 g/mol. The molecule has 1 aromatic rings.